The predicted octanol–water partition coefficient (Wildman–Crippen LogP) is 0.815. The molecule has 4 heteroatoms. The SMILES string of the molecule is CC1CCN(c2ccc(CO)nn2)C1. The van der Waals surface area contributed by atoms with Gasteiger partial charge in [0.05, 0.1) is 12.3 Å². The van der Waals surface area contributed by atoms with E-state index in [9.17, 15) is 0 Å². The van der Waals surface area contributed by atoms with Crippen molar-refractivity contribution in [2.75, 3.05) is 18.0 Å². The zero-order valence-electron chi connectivity index (χ0n) is 8.35. The lowest BCUT2D eigenvalue weighted by Crippen LogP contribution is -2.20. The van der Waals surface area contributed by atoms with Crippen molar-refractivity contribution in [1.29, 1.82) is 0 Å². The molecule has 0 aliphatic carbocycles. The minimum absolute atomic E-state index is 0.0380. The zero-order chi connectivity index (χ0) is 9.97. The van der Waals surface area contributed by atoms with E-state index in [0.29, 0.717) is 5.69 Å². The zero-order valence-corrected chi connectivity index (χ0v) is 8.35. The van der Waals surface area contributed by atoms with Crippen molar-refractivity contribution in [2.45, 2.75) is 20.0 Å². The number of anilines is 1. The molecule has 1 saturated heterocycles. The van der Waals surface area contributed by atoms with Crippen LogP contribution in [0, 0.1) is 5.92 Å². The van der Waals surface area contributed by atoms with Gasteiger partial charge in [-0.3, -0.25) is 0 Å². The highest BCUT2D eigenvalue weighted by Crippen LogP contribution is 2.20. The molecule has 1 unspecified atom stereocenters. The average Bonchev–Trinajstić information content (AvgIpc) is 2.65. The van der Waals surface area contributed by atoms with Crippen molar-refractivity contribution in [3.63, 3.8) is 0 Å². The Balaban J connectivity index is 2.09. The molecule has 1 aromatic heterocycles. The lowest BCUT2D eigenvalue weighted by atomic mass is 10.2. The second-order valence-corrected chi connectivity index (χ2v) is 3.88. The Bertz CT molecular complexity index is 299. The van der Waals surface area contributed by atoms with E-state index in [-0.39, 0.29) is 6.61 Å². The second kappa shape index (κ2) is 3.92. The van der Waals surface area contributed by atoms with E-state index in [4.69, 9.17) is 5.11 Å². The molecule has 1 aliphatic rings. The number of hydrogen-bond donors (Lipinski definition) is 1. The van der Waals surface area contributed by atoms with Gasteiger partial charge in [-0.05, 0) is 24.5 Å². The van der Waals surface area contributed by atoms with E-state index >= 15 is 0 Å². The van der Waals surface area contributed by atoms with E-state index in [0.717, 1.165) is 24.8 Å². The second-order valence-electron chi connectivity index (χ2n) is 3.88. The van der Waals surface area contributed by atoms with Gasteiger partial charge in [-0.2, -0.15) is 5.10 Å². The van der Waals surface area contributed by atoms with Crippen molar-refractivity contribution in [3.05, 3.63) is 17.8 Å². The maximum absolute atomic E-state index is 8.82. The summed E-state index contributed by atoms with van der Waals surface area (Å²) in [6.07, 6.45) is 1.23. The Morgan fingerprint density at radius 3 is 2.86 bits per heavy atom. The fourth-order valence-electron chi connectivity index (χ4n) is 1.75. The number of aliphatic hydroxyl groups is 1. The highest BCUT2D eigenvalue weighted by molar-refractivity contribution is 5.38. The number of rotatable bonds is 2. The number of aliphatic hydroxyl groups excluding tert-OH is 1. The van der Waals surface area contributed by atoms with Gasteiger partial charge in [0, 0.05) is 13.1 Å². The Labute approximate surface area is 83.6 Å². The molecule has 0 spiro atoms. The van der Waals surface area contributed by atoms with Crippen LogP contribution in [0.1, 0.15) is 19.0 Å². The molecule has 0 bridgehead atoms. The van der Waals surface area contributed by atoms with E-state index in [1.54, 1.807) is 0 Å². The summed E-state index contributed by atoms with van der Waals surface area (Å²) in [5, 5.41) is 16.8. The molecule has 1 fully saturated rings. The van der Waals surface area contributed by atoms with Crippen LogP contribution in [-0.4, -0.2) is 28.4 Å². The Morgan fingerprint density at radius 1 is 1.50 bits per heavy atom. The molecule has 0 amide bonds. The molecular weight excluding hydrogens is 178 g/mol. The van der Waals surface area contributed by atoms with Gasteiger partial charge < -0.3 is 10.0 Å². The van der Waals surface area contributed by atoms with Crippen LogP contribution in [0.3, 0.4) is 0 Å². The standard InChI is InChI=1S/C10H15N3O/c1-8-4-5-13(6-8)10-3-2-9(7-14)11-12-10/h2-3,8,14H,4-7H2,1H3. The first-order valence-electron chi connectivity index (χ1n) is 4.98. The average molecular weight is 193 g/mol. The summed E-state index contributed by atoms with van der Waals surface area (Å²) in [5.41, 5.74) is 0.626. The summed E-state index contributed by atoms with van der Waals surface area (Å²) in [6.45, 7) is 4.33. The largest absolute Gasteiger partial charge is 0.390 e. The van der Waals surface area contributed by atoms with E-state index in [1.807, 2.05) is 12.1 Å². The first-order chi connectivity index (χ1) is 6.79. The maximum atomic E-state index is 8.82. The third kappa shape index (κ3) is 1.85. The van der Waals surface area contributed by atoms with Crippen LogP contribution in [0.15, 0.2) is 12.1 Å². The first-order valence-corrected chi connectivity index (χ1v) is 4.98. The van der Waals surface area contributed by atoms with Gasteiger partial charge in [-0.25, -0.2) is 0 Å². The van der Waals surface area contributed by atoms with Gasteiger partial charge in [0.2, 0.25) is 0 Å². The molecule has 14 heavy (non-hydrogen) atoms. The van der Waals surface area contributed by atoms with Gasteiger partial charge in [-0.1, -0.05) is 6.92 Å². The first kappa shape index (κ1) is 9.40. The normalized spacial score (nSPS) is 21.6. The third-order valence-corrected chi connectivity index (χ3v) is 2.62. The molecular formula is C10H15N3O. The quantitative estimate of drug-likeness (QED) is 0.755. The van der Waals surface area contributed by atoms with Crippen LogP contribution in [0.5, 0.6) is 0 Å². The van der Waals surface area contributed by atoms with Gasteiger partial charge in [0.1, 0.15) is 0 Å². The van der Waals surface area contributed by atoms with Crippen molar-refractivity contribution < 1.29 is 5.11 Å². The molecule has 1 aliphatic heterocycles. The predicted molar refractivity (Wildman–Crippen MR) is 53.9 cm³/mol. The molecule has 1 atom stereocenters. The van der Waals surface area contributed by atoms with Crippen LogP contribution >= 0.6 is 0 Å². The van der Waals surface area contributed by atoms with Crippen LogP contribution < -0.4 is 4.90 Å². The lowest BCUT2D eigenvalue weighted by molar-refractivity contribution is 0.275. The topological polar surface area (TPSA) is 49.2 Å². The smallest absolute Gasteiger partial charge is 0.151 e. The minimum atomic E-state index is -0.0380. The fraction of sp³-hybridized carbons (Fsp3) is 0.600. The summed E-state index contributed by atoms with van der Waals surface area (Å²) >= 11 is 0. The van der Waals surface area contributed by atoms with Crippen molar-refractivity contribution in [1.82, 2.24) is 10.2 Å². The van der Waals surface area contributed by atoms with E-state index in [2.05, 4.69) is 22.0 Å². The maximum Gasteiger partial charge on any atom is 0.151 e. The van der Waals surface area contributed by atoms with Gasteiger partial charge in [-0.15, -0.1) is 5.10 Å². The minimum Gasteiger partial charge on any atom is -0.390 e. The van der Waals surface area contributed by atoms with Crippen LogP contribution in [-0.2, 0) is 6.61 Å². The Hall–Kier alpha value is -1.16. The highest BCUT2D eigenvalue weighted by atomic mass is 16.3. The van der Waals surface area contributed by atoms with Crippen molar-refractivity contribution in [2.24, 2.45) is 5.92 Å². The van der Waals surface area contributed by atoms with E-state index < -0.39 is 0 Å². The van der Waals surface area contributed by atoms with Gasteiger partial charge in [0.15, 0.2) is 5.82 Å². The molecule has 4 nitrogen and oxygen atoms in total. The molecule has 0 radical (unpaired) electrons. The van der Waals surface area contributed by atoms with Crippen LogP contribution in [0.2, 0.25) is 0 Å². The highest BCUT2D eigenvalue weighted by Gasteiger charge is 2.19. The van der Waals surface area contributed by atoms with Crippen molar-refractivity contribution in [3.8, 4) is 0 Å². The summed E-state index contributed by atoms with van der Waals surface area (Å²) < 4.78 is 0. The molecule has 2 heterocycles. The summed E-state index contributed by atoms with van der Waals surface area (Å²) in [5.74, 6) is 1.67. The third-order valence-electron chi connectivity index (χ3n) is 2.62. The molecule has 76 valence electrons. The molecule has 2 rings (SSSR count). The molecule has 1 aromatic rings. The Kier molecular flexibility index (Phi) is 2.63. The van der Waals surface area contributed by atoms with Gasteiger partial charge in [0.25, 0.3) is 0 Å². The van der Waals surface area contributed by atoms with Crippen LogP contribution in [0.25, 0.3) is 0 Å². The lowest BCUT2D eigenvalue weighted by Gasteiger charge is -2.15. The molecule has 1 N–H and O–H groups in total. The monoisotopic (exact) mass is 193 g/mol. The van der Waals surface area contributed by atoms with Crippen molar-refractivity contribution >= 4 is 5.82 Å². The number of nitrogens with zero attached hydrogens (tertiary/aromatic N) is 3. The molecule has 0 saturated carbocycles. The summed E-state index contributed by atoms with van der Waals surface area (Å²) in [4.78, 5) is 2.23. The van der Waals surface area contributed by atoms with Crippen LogP contribution in [0.4, 0.5) is 5.82 Å². The Morgan fingerprint density at radius 2 is 2.36 bits per heavy atom. The summed E-state index contributed by atoms with van der Waals surface area (Å²) in [7, 11) is 0. The van der Waals surface area contributed by atoms with E-state index in [1.165, 1.54) is 6.42 Å². The number of hydrogen-bond acceptors (Lipinski definition) is 4. The van der Waals surface area contributed by atoms with Gasteiger partial charge >= 0.3 is 0 Å². The number of aromatic nitrogens is 2. The molecule has 0 aromatic carbocycles. The fourth-order valence-corrected chi connectivity index (χ4v) is 1.75. The summed E-state index contributed by atoms with van der Waals surface area (Å²) in [6, 6.07) is 3.75.